The zero-order valence-electron chi connectivity index (χ0n) is 17.5. The van der Waals surface area contributed by atoms with Gasteiger partial charge in [0.2, 0.25) is 5.91 Å². The van der Waals surface area contributed by atoms with E-state index in [-0.39, 0.29) is 33.5 Å². The molecule has 160 valence electrons. The molecule has 4 rings (SSSR count). The Labute approximate surface area is 182 Å². The fourth-order valence-corrected chi connectivity index (χ4v) is 6.55. The summed E-state index contributed by atoms with van der Waals surface area (Å²) >= 11 is 1.83. The van der Waals surface area contributed by atoms with E-state index >= 15 is 0 Å². The van der Waals surface area contributed by atoms with Gasteiger partial charge in [-0.25, -0.2) is 4.39 Å². The van der Waals surface area contributed by atoms with Crippen molar-refractivity contribution in [3.05, 3.63) is 35.6 Å². The first-order valence-corrected chi connectivity index (χ1v) is 11.8. The molecule has 1 aromatic carbocycles. The van der Waals surface area contributed by atoms with Gasteiger partial charge in [0.1, 0.15) is 5.82 Å². The van der Waals surface area contributed by atoms with Crippen LogP contribution in [0, 0.1) is 23.6 Å². The standard InChI is InChI=1S/C24H29FN2O2S/c1-18-27(23(29)24(30-18)12-2-3-13-24)15-5-4-14-26-16-10-20(11-17-26)22(28)19-6-8-21(25)9-7-19/h6-9,18,20H,2-3,10-17H2,1H3. The number of hydrogen-bond donors (Lipinski definition) is 0. The smallest absolute Gasteiger partial charge is 0.240 e. The molecule has 2 aliphatic heterocycles. The second kappa shape index (κ2) is 9.11. The summed E-state index contributed by atoms with van der Waals surface area (Å²) in [7, 11) is 0. The van der Waals surface area contributed by atoms with E-state index in [9.17, 15) is 14.0 Å². The van der Waals surface area contributed by atoms with E-state index in [0.717, 1.165) is 51.6 Å². The van der Waals surface area contributed by atoms with Crippen molar-refractivity contribution < 1.29 is 14.0 Å². The summed E-state index contributed by atoms with van der Waals surface area (Å²) in [5, 5.41) is 0.207. The van der Waals surface area contributed by atoms with E-state index in [1.54, 1.807) is 12.1 Å². The zero-order valence-corrected chi connectivity index (χ0v) is 18.3. The number of carbonyl (C=O) groups excluding carboxylic acids is 2. The number of piperidine rings is 1. The van der Waals surface area contributed by atoms with Crippen LogP contribution in [0.4, 0.5) is 4.39 Å². The average Bonchev–Trinajstić information content (AvgIpc) is 3.31. The predicted octanol–water partition coefficient (Wildman–Crippen LogP) is 3.96. The summed E-state index contributed by atoms with van der Waals surface area (Å²) < 4.78 is 12.9. The van der Waals surface area contributed by atoms with Crippen LogP contribution in [0.5, 0.6) is 0 Å². The van der Waals surface area contributed by atoms with Crippen molar-refractivity contribution in [3.8, 4) is 11.8 Å². The van der Waals surface area contributed by atoms with E-state index in [2.05, 4.69) is 23.7 Å². The Bertz CT molecular complexity index is 846. The van der Waals surface area contributed by atoms with E-state index in [1.807, 2.05) is 16.7 Å². The van der Waals surface area contributed by atoms with Gasteiger partial charge in [-0.3, -0.25) is 14.5 Å². The highest BCUT2D eigenvalue weighted by atomic mass is 32.2. The Morgan fingerprint density at radius 2 is 1.77 bits per heavy atom. The molecule has 0 N–H and O–H groups in total. The van der Waals surface area contributed by atoms with Gasteiger partial charge in [0.05, 0.1) is 23.2 Å². The molecule has 1 amide bonds. The summed E-state index contributed by atoms with van der Waals surface area (Å²) in [6, 6.07) is 5.84. The molecule has 1 spiro atoms. The third-order valence-electron chi connectivity index (χ3n) is 6.66. The SMILES string of the molecule is CC1SC2(CCCC2)C(=O)N1CC#CCN1CCC(C(=O)c2ccc(F)cc2)CC1. The number of hydrogen-bond acceptors (Lipinski definition) is 4. The number of Topliss-reactive ketones (excluding diaryl/α,β-unsaturated/α-hetero) is 1. The summed E-state index contributed by atoms with van der Waals surface area (Å²) in [6.45, 7) is 4.97. The van der Waals surface area contributed by atoms with Gasteiger partial charge in [-0.1, -0.05) is 24.7 Å². The van der Waals surface area contributed by atoms with Crippen molar-refractivity contribution in [2.75, 3.05) is 26.2 Å². The van der Waals surface area contributed by atoms with E-state index in [1.165, 1.54) is 12.1 Å². The lowest BCUT2D eigenvalue weighted by molar-refractivity contribution is -0.131. The molecule has 30 heavy (non-hydrogen) atoms. The van der Waals surface area contributed by atoms with Crippen LogP contribution in [0.15, 0.2) is 24.3 Å². The lowest BCUT2D eigenvalue weighted by Gasteiger charge is -2.29. The maximum Gasteiger partial charge on any atom is 0.240 e. The number of rotatable bonds is 4. The first-order chi connectivity index (χ1) is 14.5. The zero-order chi connectivity index (χ0) is 21.1. The number of ketones is 1. The Kier molecular flexibility index (Phi) is 6.50. The largest absolute Gasteiger partial charge is 0.319 e. The van der Waals surface area contributed by atoms with Crippen molar-refractivity contribution in [1.29, 1.82) is 0 Å². The predicted molar refractivity (Wildman–Crippen MR) is 118 cm³/mol. The topological polar surface area (TPSA) is 40.6 Å². The first kappa shape index (κ1) is 21.4. The second-order valence-electron chi connectivity index (χ2n) is 8.63. The highest BCUT2D eigenvalue weighted by Gasteiger charge is 2.51. The molecule has 2 saturated heterocycles. The molecule has 1 aliphatic carbocycles. The normalized spacial score (nSPS) is 24.3. The maximum absolute atomic E-state index is 13.1. The molecule has 0 bridgehead atoms. The average molecular weight is 429 g/mol. The van der Waals surface area contributed by atoms with Gasteiger partial charge < -0.3 is 4.90 Å². The molecule has 0 radical (unpaired) electrons. The minimum Gasteiger partial charge on any atom is -0.319 e. The molecule has 3 fully saturated rings. The van der Waals surface area contributed by atoms with Crippen LogP contribution in [-0.2, 0) is 4.79 Å². The molecule has 6 heteroatoms. The maximum atomic E-state index is 13.1. The monoisotopic (exact) mass is 428 g/mol. The van der Waals surface area contributed by atoms with E-state index in [0.29, 0.717) is 18.7 Å². The number of halogens is 1. The quantitative estimate of drug-likeness (QED) is 0.538. The molecular formula is C24H29FN2O2S. The number of amides is 1. The van der Waals surface area contributed by atoms with Crippen molar-refractivity contribution in [3.63, 3.8) is 0 Å². The molecular weight excluding hydrogens is 399 g/mol. The number of thioether (sulfide) groups is 1. The van der Waals surface area contributed by atoms with Gasteiger partial charge in [-0.15, -0.1) is 11.8 Å². The fraction of sp³-hybridized carbons (Fsp3) is 0.583. The summed E-state index contributed by atoms with van der Waals surface area (Å²) in [5.41, 5.74) is 0.594. The molecule has 1 unspecified atom stereocenters. The fourth-order valence-electron chi connectivity index (χ4n) is 4.86. The third-order valence-corrected chi connectivity index (χ3v) is 8.29. The van der Waals surface area contributed by atoms with E-state index in [4.69, 9.17) is 0 Å². The summed E-state index contributed by atoms with van der Waals surface area (Å²) in [5.74, 6) is 6.52. The van der Waals surface area contributed by atoms with E-state index < -0.39 is 0 Å². The molecule has 3 aliphatic rings. The highest BCUT2D eigenvalue weighted by molar-refractivity contribution is 8.02. The third kappa shape index (κ3) is 4.43. The molecule has 1 atom stereocenters. The van der Waals surface area contributed by atoms with Crippen LogP contribution in [0.1, 0.15) is 55.8 Å². The minimum atomic E-state index is -0.318. The molecule has 2 heterocycles. The Hall–Kier alpha value is -1.84. The lowest BCUT2D eigenvalue weighted by Crippen LogP contribution is -2.39. The summed E-state index contributed by atoms with van der Waals surface area (Å²) in [4.78, 5) is 29.6. The molecule has 1 aromatic rings. The van der Waals surface area contributed by atoms with Crippen molar-refractivity contribution in [2.24, 2.45) is 5.92 Å². The van der Waals surface area contributed by atoms with Crippen LogP contribution >= 0.6 is 11.8 Å². The molecule has 1 saturated carbocycles. The van der Waals surface area contributed by atoms with Gasteiger partial charge in [-0.2, -0.15) is 0 Å². The van der Waals surface area contributed by atoms with Gasteiger partial charge in [-0.05, 0) is 70.0 Å². The van der Waals surface area contributed by atoms with Crippen LogP contribution in [-0.4, -0.2) is 57.8 Å². The first-order valence-electron chi connectivity index (χ1n) is 11.0. The van der Waals surface area contributed by atoms with Gasteiger partial charge in [0, 0.05) is 11.5 Å². The number of benzene rings is 1. The van der Waals surface area contributed by atoms with Gasteiger partial charge in [0.15, 0.2) is 5.78 Å². The van der Waals surface area contributed by atoms with Gasteiger partial charge >= 0.3 is 0 Å². The van der Waals surface area contributed by atoms with Gasteiger partial charge in [0.25, 0.3) is 0 Å². The number of likely N-dealkylation sites (tertiary alicyclic amines) is 1. The second-order valence-corrected chi connectivity index (χ2v) is 10.3. The Balaban J connectivity index is 1.23. The van der Waals surface area contributed by atoms with Crippen molar-refractivity contribution in [2.45, 2.75) is 55.6 Å². The lowest BCUT2D eigenvalue weighted by atomic mass is 9.89. The van der Waals surface area contributed by atoms with Crippen LogP contribution in [0.2, 0.25) is 0 Å². The minimum absolute atomic E-state index is 0.00219. The molecule has 0 aromatic heterocycles. The van der Waals surface area contributed by atoms with Crippen molar-refractivity contribution in [1.82, 2.24) is 9.80 Å². The summed E-state index contributed by atoms with van der Waals surface area (Å²) in [6.07, 6.45) is 5.94. The van der Waals surface area contributed by atoms with Crippen LogP contribution in [0.25, 0.3) is 0 Å². The van der Waals surface area contributed by atoms with Crippen molar-refractivity contribution >= 4 is 23.5 Å². The number of carbonyl (C=O) groups is 2. The Morgan fingerprint density at radius 1 is 1.13 bits per heavy atom. The highest BCUT2D eigenvalue weighted by Crippen LogP contribution is 2.50. The molecule has 4 nitrogen and oxygen atoms in total. The Morgan fingerprint density at radius 3 is 2.43 bits per heavy atom. The van der Waals surface area contributed by atoms with Crippen LogP contribution in [0.3, 0.4) is 0 Å². The van der Waals surface area contributed by atoms with Crippen LogP contribution < -0.4 is 0 Å². The number of nitrogens with zero attached hydrogens (tertiary/aromatic N) is 2.